The highest BCUT2D eigenvalue weighted by Crippen LogP contribution is 2.28. The molecule has 0 amide bonds. The molecular formula is C18H21-. The fourth-order valence-corrected chi connectivity index (χ4v) is 2.30. The van der Waals surface area contributed by atoms with Gasteiger partial charge in [-0.15, -0.1) is 11.1 Å². The molecule has 0 fully saturated rings. The minimum atomic E-state index is 1.13. The third-order valence-corrected chi connectivity index (χ3v) is 4.04. The largest absolute Gasteiger partial charge is 0.198 e. The molecule has 0 aliphatic rings. The first-order valence-electron chi connectivity index (χ1n) is 6.41. The van der Waals surface area contributed by atoms with Gasteiger partial charge in [0.1, 0.15) is 0 Å². The lowest BCUT2D eigenvalue weighted by molar-refractivity contribution is 1.26. The van der Waals surface area contributed by atoms with Gasteiger partial charge in [-0.05, 0) is 43.0 Å². The van der Waals surface area contributed by atoms with Crippen LogP contribution in [0.5, 0.6) is 0 Å². The van der Waals surface area contributed by atoms with Gasteiger partial charge >= 0.3 is 0 Å². The second-order valence-corrected chi connectivity index (χ2v) is 5.31. The maximum atomic E-state index is 4.13. The Morgan fingerprint density at radius 3 is 1.44 bits per heavy atom. The minimum absolute atomic E-state index is 1.13. The maximum Gasteiger partial charge on any atom is -0.0301 e. The molecular weight excluding hydrogens is 216 g/mol. The van der Waals surface area contributed by atoms with Crippen molar-refractivity contribution in [1.29, 1.82) is 0 Å². The average Bonchev–Trinajstić information content (AvgIpc) is 2.31. The van der Waals surface area contributed by atoms with Gasteiger partial charge in [-0.3, -0.25) is 0 Å². The Morgan fingerprint density at radius 1 is 0.611 bits per heavy atom. The lowest BCUT2D eigenvalue weighted by Crippen LogP contribution is -1.92. The van der Waals surface area contributed by atoms with E-state index in [9.17, 15) is 0 Å². The molecule has 0 aromatic heterocycles. The number of hydrogen-bond donors (Lipinski definition) is 0. The van der Waals surface area contributed by atoms with E-state index in [1.54, 1.807) is 0 Å². The lowest BCUT2D eigenvalue weighted by atomic mass is 9.93. The first-order chi connectivity index (χ1) is 8.40. The average molecular weight is 237 g/mol. The van der Waals surface area contributed by atoms with Crippen LogP contribution >= 0.6 is 0 Å². The molecule has 0 atom stereocenters. The standard InChI is InChI=1S/C18H21/c1-11-7-17(8-12(2)15(11)5)18-9-13(3)16(6)14(4)10-18/h7-10H,1H2,2-6H3/q-1. The van der Waals surface area contributed by atoms with Gasteiger partial charge in [0.15, 0.2) is 0 Å². The van der Waals surface area contributed by atoms with Crippen molar-refractivity contribution in [3.8, 4) is 11.1 Å². The second kappa shape index (κ2) is 4.53. The van der Waals surface area contributed by atoms with Crippen LogP contribution < -0.4 is 0 Å². The summed E-state index contributed by atoms with van der Waals surface area (Å²) < 4.78 is 0. The number of benzene rings is 2. The highest BCUT2D eigenvalue weighted by atomic mass is 14.1. The molecule has 0 radical (unpaired) electrons. The topological polar surface area (TPSA) is 0 Å². The molecule has 2 aromatic rings. The van der Waals surface area contributed by atoms with Gasteiger partial charge in [-0.1, -0.05) is 37.6 Å². The molecule has 18 heavy (non-hydrogen) atoms. The van der Waals surface area contributed by atoms with E-state index < -0.39 is 0 Å². The zero-order valence-corrected chi connectivity index (χ0v) is 12.0. The van der Waals surface area contributed by atoms with Crippen molar-refractivity contribution in [2.24, 2.45) is 0 Å². The van der Waals surface area contributed by atoms with Crippen molar-refractivity contribution in [2.45, 2.75) is 34.6 Å². The predicted octanol–water partition coefficient (Wildman–Crippen LogP) is 5.08. The van der Waals surface area contributed by atoms with E-state index in [0.29, 0.717) is 0 Å². The third kappa shape index (κ3) is 2.15. The van der Waals surface area contributed by atoms with E-state index in [0.717, 1.165) is 5.56 Å². The molecule has 2 rings (SSSR count). The number of rotatable bonds is 1. The van der Waals surface area contributed by atoms with Gasteiger partial charge in [0.05, 0.1) is 0 Å². The molecule has 0 saturated carbocycles. The molecule has 0 heterocycles. The van der Waals surface area contributed by atoms with Crippen molar-refractivity contribution in [3.63, 3.8) is 0 Å². The molecule has 94 valence electrons. The first-order valence-corrected chi connectivity index (χ1v) is 6.41. The molecule has 2 aromatic carbocycles. The Kier molecular flexibility index (Phi) is 3.21. The first kappa shape index (κ1) is 12.8. The Balaban J connectivity index is 2.63. The van der Waals surface area contributed by atoms with Crippen LogP contribution in [0, 0.1) is 41.5 Å². The number of hydrogen-bond acceptors (Lipinski definition) is 0. The van der Waals surface area contributed by atoms with Gasteiger partial charge in [0.2, 0.25) is 0 Å². The van der Waals surface area contributed by atoms with Gasteiger partial charge in [0.25, 0.3) is 0 Å². The third-order valence-electron chi connectivity index (χ3n) is 4.04. The van der Waals surface area contributed by atoms with Crippen LogP contribution in [0.25, 0.3) is 11.1 Å². The quantitative estimate of drug-likeness (QED) is 0.607. The lowest BCUT2D eigenvalue weighted by Gasteiger charge is -2.18. The van der Waals surface area contributed by atoms with Gasteiger partial charge in [0, 0.05) is 0 Å². The van der Waals surface area contributed by atoms with Crippen LogP contribution in [0.4, 0.5) is 0 Å². The van der Waals surface area contributed by atoms with Gasteiger partial charge in [-0.25, -0.2) is 0 Å². The normalized spacial score (nSPS) is 10.7. The maximum absolute atomic E-state index is 4.13. The molecule has 0 heteroatoms. The van der Waals surface area contributed by atoms with E-state index in [4.69, 9.17) is 0 Å². The molecule has 0 aliphatic carbocycles. The van der Waals surface area contributed by atoms with E-state index in [1.807, 2.05) is 0 Å². The summed E-state index contributed by atoms with van der Waals surface area (Å²) in [7, 11) is 0. The van der Waals surface area contributed by atoms with E-state index in [-0.39, 0.29) is 0 Å². The minimum Gasteiger partial charge on any atom is -0.198 e. The summed E-state index contributed by atoms with van der Waals surface area (Å²) in [5, 5.41) is 0. The van der Waals surface area contributed by atoms with E-state index >= 15 is 0 Å². The van der Waals surface area contributed by atoms with Crippen molar-refractivity contribution in [1.82, 2.24) is 0 Å². The molecule has 0 spiro atoms. The second-order valence-electron chi connectivity index (χ2n) is 5.31. The predicted molar refractivity (Wildman–Crippen MR) is 80.0 cm³/mol. The molecule has 0 N–H and O–H groups in total. The summed E-state index contributed by atoms with van der Waals surface area (Å²) in [6, 6.07) is 8.98. The van der Waals surface area contributed by atoms with E-state index in [1.165, 1.54) is 38.9 Å². The molecule has 0 aliphatic heterocycles. The summed E-state index contributed by atoms with van der Waals surface area (Å²) >= 11 is 0. The fraction of sp³-hybridized carbons (Fsp3) is 0.278. The highest BCUT2D eigenvalue weighted by molar-refractivity contribution is 5.68. The Bertz CT molecular complexity index is 502. The summed E-state index contributed by atoms with van der Waals surface area (Å²) in [6.07, 6.45) is 0. The number of aryl methyl sites for hydroxylation is 3. The highest BCUT2D eigenvalue weighted by Gasteiger charge is 2.03. The van der Waals surface area contributed by atoms with Crippen molar-refractivity contribution >= 4 is 0 Å². The summed E-state index contributed by atoms with van der Waals surface area (Å²) in [6.45, 7) is 15.0. The zero-order chi connectivity index (χ0) is 13.4. The SMILES string of the molecule is [CH2-]c1cc(-c2cc(C)c(C)c(C)c2)cc(C)c1C. The van der Waals surface area contributed by atoms with Gasteiger partial charge < -0.3 is 0 Å². The van der Waals surface area contributed by atoms with Crippen LogP contribution in [0.1, 0.15) is 33.4 Å². The molecule has 0 bridgehead atoms. The molecule has 0 unspecified atom stereocenters. The Hall–Kier alpha value is -1.69. The van der Waals surface area contributed by atoms with Gasteiger partial charge in [-0.2, -0.15) is 18.6 Å². The van der Waals surface area contributed by atoms with Crippen LogP contribution in [0.3, 0.4) is 0 Å². The molecule has 0 saturated heterocycles. The van der Waals surface area contributed by atoms with Crippen LogP contribution in [-0.2, 0) is 0 Å². The summed E-state index contributed by atoms with van der Waals surface area (Å²) in [5.74, 6) is 0. The monoisotopic (exact) mass is 237 g/mol. The van der Waals surface area contributed by atoms with Crippen LogP contribution in [0.15, 0.2) is 24.3 Å². The smallest absolute Gasteiger partial charge is 0.0301 e. The van der Waals surface area contributed by atoms with Crippen molar-refractivity contribution in [2.75, 3.05) is 0 Å². The van der Waals surface area contributed by atoms with E-state index in [2.05, 4.69) is 65.8 Å². The Morgan fingerprint density at radius 2 is 1.00 bits per heavy atom. The van der Waals surface area contributed by atoms with Crippen molar-refractivity contribution < 1.29 is 0 Å². The zero-order valence-electron chi connectivity index (χ0n) is 12.0. The fourth-order valence-electron chi connectivity index (χ4n) is 2.30. The molecule has 0 nitrogen and oxygen atoms in total. The van der Waals surface area contributed by atoms with Crippen LogP contribution in [0.2, 0.25) is 0 Å². The Labute approximate surface area is 111 Å². The summed E-state index contributed by atoms with van der Waals surface area (Å²) in [4.78, 5) is 0. The summed E-state index contributed by atoms with van der Waals surface area (Å²) in [5.41, 5.74) is 10.4. The van der Waals surface area contributed by atoms with Crippen molar-refractivity contribution in [3.05, 3.63) is 64.6 Å². The van der Waals surface area contributed by atoms with Crippen LogP contribution in [-0.4, -0.2) is 0 Å².